The SMILES string of the molecule is O=C(NCCSC(F)(F)F)NCc1ccc(C(=O)O)nc1. The molecule has 6 nitrogen and oxygen atoms in total. The molecule has 10 heteroatoms. The summed E-state index contributed by atoms with van der Waals surface area (Å²) >= 11 is -0.214. The van der Waals surface area contributed by atoms with Gasteiger partial charge in [0.15, 0.2) is 0 Å². The van der Waals surface area contributed by atoms with Crippen LogP contribution in [0.5, 0.6) is 0 Å². The number of urea groups is 1. The van der Waals surface area contributed by atoms with Gasteiger partial charge in [0.2, 0.25) is 0 Å². The standard InChI is InChI=1S/C11H12F3N3O3S/c12-11(13,14)21-4-3-15-10(20)17-6-7-1-2-8(9(18)19)16-5-7/h1-2,5H,3-4,6H2,(H,18,19)(H2,15,17,20). The highest BCUT2D eigenvalue weighted by molar-refractivity contribution is 8.00. The van der Waals surface area contributed by atoms with Crippen LogP contribution in [0.25, 0.3) is 0 Å². The number of carboxylic acid groups (broad SMARTS) is 1. The first-order chi connectivity index (χ1) is 9.78. The van der Waals surface area contributed by atoms with Crippen molar-refractivity contribution in [1.82, 2.24) is 15.6 Å². The number of nitrogens with one attached hydrogen (secondary N) is 2. The molecule has 0 saturated heterocycles. The van der Waals surface area contributed by atoms with Crippen molar-refractivity contribution >= 4 is 23.8 Å². The van der Waals surface area contributed by atoms with E-state index in [0.717, 1.165) is 0 Å². The minimum atomic E-state index is -4.31. The Morgan fingerprint density at radius 3 is 2.52 bits per heavy atom. The number of hydrogen-bond acceptors (Lipinski definition) is 4. The molecule has 3 N–H and O–H groups in total. The van der Waals surface area contributed by atoms with Crippen LogP contribution in [0.3, 0.4) is 0 Å². The largest absolute Gasteiger partial charge is 0.477 e. The van der Waals surface area contributed by atoms with Crippen LogP contribution in [-0.4, -0.2) is 39.9 Å². The molecule has 2 amide bonds. The summed E-state index contributed by atoms with van der Waals surface area (Å²) in [7, 11) is 0. The number of carboxylic acids is 1. The van der Waals surface area contributed by atoms with Gasteiger partial charge in [-0.3, -0.25) is 0 Å². The fourth-order valence-corrected chi connectivity index (χ4v) is 1.67. The second-order valence-electron chi connectivity index (χ2n) is 3.76. The second kappa shape index (κ2) is 7.72. The van der Waals surface area contributed by atoms with E-state index in [1.54, 1.807) is 0 Å². The summed E-state index contributed by atoms with van der Waals surface area (Å²) in [6, 6.07) is 2.16. The zero-order valence-corrected chi connectivity index (χ0v) is 11.4. The van der Waals surface area contributed by atoms with Crippen LogP contribution in [-0.2, 0) is 6.54 Å². The summed E-state index contributed by atoms with van der Waals surface area (Å²) < 4.78 is 35.5. The van der Waals surface area contributed by atoms with Gasteiger partial charge in [-0.15, -0.1) is 0 Å². The smallest absolute Gasteiger partial charge is 0.441 e. The molecule has 0 atom stereocenters. The molecule has 0 bridgehead atoms. The van der Waals surface area contributed by atoms with Gasteiger partial charge in [0, 0.05) is 25.0 Å². The minimum absolute atomic E-state index is 0.0884. The van der Waals surface area contributed by atoms with E-state index >= 15 is 0 Å². The van der Waals surface area contributed by atoms with E-state index in [1.807, 2.05) is 0 Å². The van der Waals surface area contributed by atoms with Crippen molar-refractivity contribution in [3.8, 4) is 0 Å². The molecule has 1 aromatic rings. The van der Waals surface area contributed by atoms with Gasteiger partial charge in [0.1, 0.15) is 5.69 Å². The summed E-state index contributed by atoms with van der Waals surface area (Å²) in [5.74, 6) is -1.43. The van der Waals surface area contributed by atoms with E-state index in [0.29, 0.717) is 5.56 Å². The molecule has 0 aliphatic carbocycles. The van der Waals surface area contributed by atoms with Gasteiger partial charge in [-0.25, -0.2) is 14.6 Å². The number of thioether (sulfide) groups is 1. The topological polar surface area (TPSA) is 91.3 Å². The number of hydrogen-bond donors (Lipinski definition) is 3. The van der Waals surface area contributed by atoms with Crippen LogP contribution < -0.4 is 10.6 Å². The number of carbonyl (C=O) groups is 2. The highest BCUT2D eigenvalue weighted by Crippen LogP contribution is 2.29. The number of halogens is 3. The van der Waals surface area contributed by atoms with Crippen LogP contribution in [0, 0.1) is 0 Å². The molecule has 1 rings (SSSR count). The Morgan fingerprint density at radius 1 is 1.29 bits per heavy atom. The summed E-state index contributed by atoms with van der Waals surface area (Å²) in [6.07, 6.45) is 1.29. The maximum atomic E-state index is 11.8. The van der Waals surface area contributed by atoms with Crippen molar-refractivity contribution in [2.75, 3.05) is 12.3 Å². The summed E-state index contributed by atoms with van der Waals surface area (Å²) in [6.45, 7) is -0.0304. The Balaban J connectivity index is 2.25. The number of nitrogens with zero attached hydrogens (tertiary/aromatic N) is 1. The summed E-state index contributed by atoms with van der Waals surface area (Å²) in [5, 5.41) is 13.3. The van der Waals surface area contributed by atoms with E-state index in [4.69, 9.17) is 5.11 Å². The Morgan fingerprint density at radius 2 is 2.00 bits per heavy atom. The Bertz CT molecular complexity index is 494. The fourth-order valence-electron chi connectivity index (χ4n) is 1.23. The maximum absolute atomic E-state index is 11.8. The van der Waals surface area contributed by atoms with E-state index in [2.05, 4.69) is 15.6 Å². The van der Waals surface area contributed by atoms with Gasteiger partial charge in [-0.05, 0) is 23.4 Å². The third-order valence-corrected chi connectivity index (χ3v) is 2.89. The Kier molecular flexibility index (Phi) is 6.28. The van der Waals surface area contributed by atoms with Gasteiger partial charge in [-0.1, -0.05) is 6.07 Å². The molecule has 0 aliphatic heterocycles. The van der Waals surface area contributed by atoms with E-state index in [-0.39, 0.29) is 36.3 Å². The zero-order chi connectivity index (χ0) is 15.9. The molecule has 21 heavy (non-hydrogen) atoms. The van der Waals surface area contributed by atoms with Crippen LogP contribution in [0.4, 0.5) is 18.0 Å². The predicted molar refractivity (Wildman–Crippen MR) is 69.9 cm³/mol. The lowest BCUT2D eigenvalue weighted by Gasteiger charge is -2.08. The average molecular weight is 323 g/mol. The molecule has 1 aromatic heterocycles. The van der Waals surface area contributed by atoms with Gasteiger partial charge in [0.25, 0.3) is 0 Å². The lowest BCUT2D eigenvalue weighted by atomic mass is 10.2. The monoisotopic (exact) mass is 323 g/mol. The molecular formula is C11H12F3N3O3S. The van der Waals surface area contributed by atoms with Crippen LogP contribution in [0.1, 0.15) is 16.1 Å². The molecule has 1 heterocycles. The zero-order valence-electron chi connectivity index (χ0n) is 10.6. The van der Waals surface area contributed by atoms with Gasteiger partial charge in [0.05, 0.1) is 0 Å². The normalized spacial score (nSPS) is 11.0. The lowest BCUT2D eigenvalue weighted by Crippen LogP contribution is -2.36. The van der Waals surface area contributed by atoms with E-state index in [9.17, 15) is 22.8 Å². The van der Waals surface area contributed by atoms with E-state index in [1.165, 1.54) is 18.3 Å². The van der Waals surface area contributed by atoms with Gasteiger partial charge in [-0.2, -0.15) is 13.2 Å². The molecule has 0 aromatic carbocycles. The van der Waals surface area contributed by atoms with Gasteiger partial charge >= 0.3 is 17.5 Å². The van der Waals surface area contributed by atoms with Crippen LogP contribution >= 0.6 is 11.8 Å². The third kappa shape index (κ3) is 7.40. The minimum Gasteiger partial charge on any atom is -0.477 e. The molecule has 116 valence electrons. The van der Waals surface area contributed by atoms with Crippen molar-refractivity contribution in [2.24, 2.45) is 0 Å². The summed E-state index contributed by atoms with van der Waals surface area (Å²) in [5.41, 5.74) is -3.86. The number of aromatic carboxylic acids is 1. The number of amides is 2. The molecule has 0 unspecified atom stereocenters. The van der Waals surface area contributed by atoms with Crippen molar-refractivity contribution < 1.29 is 27.9 Å². The lowest BCUT2D eigenvalue weighted by molar-refractivity contribution is -0.0327. The quantitative estimate of drug-likeness (QED) is 0.695. The Hall–Kier alpha value is -1.97. The molecule has 0 fully saturated rings. The molecule has 0 spiro atoms. The van der Waals surface area contributed by atoms with E-state index < -0.39 is 17.5 Å². The molecule has 0 saturated carbocycles. The number of rotatable bonds is 6. The molecule has 0 radical (unpaired) electrons. The molecular weight excluding hydrogens is 311 g/mol. The van der Waals surface area contributed by atoms with Crippen LogP contribution in [0.15, 0.2) is 18.3 Å². The number of alkyl halides is 3. The highest BCUT2D eigenvalue weighted by atomic mass is 32.2. The first-order valence-electron chi connectivity index (χ1n) is 5.68. The Labute approximate surface area is 122 Å². The highest BCUT2D eigenvalue weighted by Gasteiger charge is 2.27. The molecule has 0 aliphatic rings. The van der Waals surface area contributed by atoms with Gasteiger partial charge < -0.3 is 15.7 Å². The number of carbonyl (C=O) groups excluding carboxylic acids is 1. The van der Waals surface area contributed by atoms with Crippen molar-refractivity contribution in [1.29, 1.82) is 0 Å². The fraction of sp³-hybridized carbons (Fsp3) is 0.364. The number of pyridine rings is 1. The average Bonchev–Trinajstić information content (AvgIpc) is 2.41. The second-order valence-corrected chi connectivity index (χ2v) is 4.92. The third-order valence-electron chi connectivity index (χ3n) is 2.15. The first-order valence-corrected chi connectivity index (χ1v) is 6.67. The summed E-state index contributed by atoms with van der Waals surface area (Å²) in [4.78, 5) is 25.5. The predicted octanol–water partition coefficient (Wildman–Crippen LogP) is 1.83. The van der Waals surface area contributed by atoms with Crippen molar-refractivity contribution in [3.63, 3.8) is 0 Å². The first kappa shape index (κ1) is 17.1. The van der Waals surface area contributed by atoms with Crippen molar-refractivity contribution in [3.05, 3.63) is 29.6 Å². The number of aromatic nitrogens is 1. The maximum Gasteiger partial charge on any atom is 0.441 e. The van der Waals surface area contributed by atoms with Crippen LogP contribution in [0.2, 0.25) is 0 Å². The van der Waals surface area contributed by atoms with Crippen molar-refractivity contribution in [2.45, 2.75) is 12.1 Å².